The average molecular weight is 298 g/mol. The third-order valence-corrected chi connectivity index (χ3v) is 2.60. The molecule has 118 valence electrons. The van der Waals surface area contributed by atoms with Gasteiger partial charge in [0.25, 0.3) is 0 Å². The molecule has 0 saturated heterocycles. The van der Waals surface area contributed by atoms with Crippen molar-refractivity contribution in [3.63, 3.8) is 0 Å². The molecule has 1 aromatic rings. The quantitative estimate of drug-likeness (QED) is 0.558. The van der Waals surface area contributed by atoms with Gasteiger partial charge in [0.2, 0.25) is 0 Å². The van der Waals surface area contributed by atoms with Crippen LogP contribution in [-0.4, -0.2) is 38.7 Å². The van der Waals surface area contributed by atoms with Crippen LogP contribution in [0.5, 0.6) is 17.2 Å². The van der Waals surface area contributed by atoms with E-state index in [4.69, 9.17) is 18.9 Å². The maximum absolute atomic E-state index is 12.2. The van der Waals surface area contributed by atoms with E-state index in [-0.39, 0.29) is 42.3 Å². The lowest BCUT2D eigenvalue weighted by atomic mass is 9.99. The van der Waals surface area contributed by atoms with Crippen LogP contribution in [0, 0.1) is 5.92 Å². The van der Waals surface area contributed by atoms with Crippen molar-refractivity contribution in [3.8, 4) is 17.2 Å². The summed E-state index contributed by atoms with van der Waals surface area (Å²) in [6, 6.07) is 2.90. The van der Waals surface area contributed by atoms with Gasteiger partial charge in [-0.1, -0.05) is 13.8 Å². The van der Waals surface area contributed by atoms with Gasteiger partial charge in [0.15, 0.2) is 19.4 Å². The average Bonchev–Trinajstić information content (AvgIpc) is 2.41. The van der Waals surface area contributed by atoms with Gasteiger partial charge in [0.1, 0.15) is 22.8 Å². The van der Waals surface area contributed by atoms with E-state index in [0.29, 0.717) is 12.2 Å². The Balaban J connectivity index is 3.10. The third kappa shape index (κ3) is 5.24. The molecular formula is C15H22O6. The van der Waals surface area contributed by atoms with Gasteiger partial charge in [0.05, 0.1) is 0 Å². The van der Waals surface area contributed by atoms with Crippen molar-refractivity contribution < 1.29 is 28.8 Å². The van der Waals surface area contributed by atoms with Crippen LogP contribution in [0.2, 0.25) is 0 Å². The fraction of sp³-hybridized carbons (Fsp3) is 0.533. The lowest BCUT2D eigenvalue weighted by Crippen LogP contribution is -2.09. The molecule has 6 nitrogen and oxygen atoms in total. The van der Waals surface area contributed by atoms with Crippen LogP contribution < -0.4 is 9.47 Å². The fourth-order valence-corrected chi connectivity index (χ4v) is 1.78. The van der Waals surface area contributed by atoms with Crippen LogP contribution in [0.1, 0.15) is 30.6 Å². The lowest BCUT2D eigenvalue weighted by Gasteiger charge is -2.15. The number of carbonyl (C=O) groups excluding carboxylic acids is 1. The van der Waals surface area contributed by atoms with Crippen molar-refractivity contribution in [1.82, 2.24) is 0 Å². The molecule has 0 amide bonds. The lowest BCUT2D eigenvalue weighted by molar-refractivity contribution is 0.0452. The highest BCUT2D eigenvalue weighted by molar-refractivity contribution is 6.01. The van der Waals surface area contributed by atoms with Gasteiger partial charge in [-0.2, -0.15) is 0 Å². The predicted octanol–water partition coefficient (Wildman–Crippen LogP) is 2.59. The first-order valence-corrected chi connectivity index (χ1v) is 6.63. The molecule has 0 spiro atoms. The number of phenolic OH excluding ortho intramolecular Hbond substituents is 1. The fourth-order valence-electron chi connectivity index (χ4n) is 1.78. The van der Waals surface area contributed by atoms with Crippen molar-refractivity contribution >= 4 is 5.78 Å². The molecule has 0 bridgehead atoms. The number of ether oxygens (including phenoxy) is 4. The monoisotopic (exact) mass is 298 g/mol. The molecule has 0 fully saturated rings. The highest BCUT2D eigenvalue weighted by Gasteiger charge is 2.20. The Kier molecular flexibility index (Phi) is 6.98. The van der Waals surface area contributed by atoms with Crippen LogP contribution in [0.3, 0.4) is 0 Å². The van der Waals surface area contributed by atoms with Crippen LogP contribution >= 0.6 is 0 Å². The minimum Gasteiger partial charge on any atom is -0.507 e. The Labute approximate surface area is 124 Å². The summed E-state index contributed by atoms with van der Waals surface area (Å²) in [5.41, 5.74) is 0.144. The third-order valence-electron chi connectivity index (χ3n) is 2.60. The number of benzene rings is 1. The molecule has 0 radical (unpaired) electrons. The van der Waals surface area contributed by atoms with Crippen LogP contribution in [-0.2, 0) is 9.47 Å². The largest absolute Gasteiger partial charge is 0.507 e. The topological polar surface area (TPSA) is 74.2 Å². The zero-order valence-electron chi connectivity index (χ0n) is 12.8. The second-order valence-electron chi connectivity index (χ2n) is 4.94. The Morgan fingerprint density at radius 3 is 2.33 bits per heavy atom. The number of aromatic hydroxyl groups is 1. The van der Waals surface area contributed by atoms with E-state index in [1.165, 1.54) is 26.4 Å². The van der Waals surface area contributed by atoms with E-state index in [1.807, 2.05) is 13.8 Å². The number of ketones is 1. The zero-order chi connectivity index (χ0) is 15.8. The number of hydrogen-bond acceptors (Lipinski definition) is 6. The van der Waals surface area contributed by atoms with Crippen molar-refractivity contribution in [2.24, 2.45) is 5.92 Å². The summed E-state index contributed by atoms with van der Waals surface area (Å²) in [5, 5.41) is 10.1. The van der Waals surface area contributed by atoms with E-state index >= 15 is 0 Å². The standard InChI is InChI=1S/C15H22O6/c1-10(2)5-12(16)15-13(17)6-11(20-8-18-3)7-14(15)21-9-19-4/h6-7,10,17H,5,8-9H2,1-4H3. The highest BCUT2D eigenvalue weighted by Crippen LogP contribution is 2.35. The summed E-state index contributed by atoms with van der Waals surface area (Å²) in [6.07, 6.45) is 0.315. The van der Waals surface area contributed by atoms with E-state index in [9.17, 15) is 9.90 Å². The van der Waals surface area contributed by atoms with Crippen LogP contribution in [0.4, 0.5) is 0 Å². The molecule has 0 unspecified atom stereocenters. The molecule has 0 aromatic heterocycles. The number of rotatable bonds is 9. The molecule has 0 saturated carbocycles. The van der Waals surface area contributed by atoms with Gasteiger partial charge in [-0.05, 0) is 5.92 Å². The summed E-state index contributed by atoms with van der Waals surface area (Å²) in [6.45, 7) is 3.86. The van der Waals surface area contributed by atoms with Crippen molar-refractivity contribution in [2.45, 2.75) is 20.3 Å². The van der Waals surface area contributed by atoms with Gasteiger partial charge in [0, 0.05) is 32.8 Å². The first-order valence-electron chi connectivity index (χ1n) is 6.63. The van der Waals surface area contributed by atoms with E-state index in [0.717, 1.165) is 0 Å². The summed E-state index contributed by atoms with van der Waals surface area (Å²) < 4.78 is 20.3. The van der Waals surface area contributed by atoms with Crippen molar-refractivity contribution in [3.05, 3.63) is 17.7 Å². The normalized spacial score (nSPS) is 10.7. The molecule has 6 heteroatoms. The first kappa shape index (κ1) is 17.3. The van der Waals surface area contributed by atoms with Gasteiger partial charge in [-0.15, -0.1) is 0 Å². The van der Waals surface area contributed by atoms with E-state index < -0.39 is 0 Å². The molecule has 21 heavy (non-hydrogen) atoms. The minimum absolute atomic E-state index is 0.0302. The number of phenols is 1. The number of hydrogen-bond donors (Lipinski definition) is 1. The molecule has 0 heterocycles. The Morgan fingerprint density at radius 2 is 1.76 bits per heavy atom. The summed E-state index contributed by atoms with van der Waals surface area (Å²) >= 11 is 0. The van der Waals surface area contributed by atoms with Gasteiger partial charge < -0.3 is 24.1 Å². The van der Waals surface area contributed by atoms with E-state index in [2.05, 4.69) is 0 Å². The molecule has 0 aliphatic carbocycles. The predicted molar refractivity (Wildman–Crippen MR) is 76.9 cm³/mol. The van der Waals surface area contributed by atoms with Crippen molar-refractivity contribution in [1.29, 1.82) is 0 Å². The summed E-state index contributed by atoms with van der Waals surface area (Å²) in [5.74, 6) is 0.388. The van der Waals surface area contributed by atoms with Crippen LogP contribution in [0.15, 0.2) is 12.1 Å². The molecule has 1 aromatic carbocycles. The van der Waals surface area contributed by atoms with Crippen LogP contribution in [0.25, 0.3) is 0 Å². The van der Waals surface area contributed by atoms with Gasteiger partial charge in [-0.3, -0.25) is 4.79 Å². The first-order chi connectivity index (χ1) is 9.99. The van der Waals surface area contributed by atoms with E-state index in [1.54, 1.807) is 0 Å². The molecule has 1 rings (SSSR count). The van der Waals surface area contributed by atoms with Crippen molar-refractivity contribution in [2.75, 3.05) is 27.8 Å². The maximum Gasteiger partial charge on any atom is 0.188 e. The summed E-state index contributed by atoms with van der Waals surface area (Å²) in [7, 11) is 2.96. The Morgan fingerprint density at radius 1 is 1.14 bits per heavy atom. The maximum atomic E-state index is 12.2. The second kappa shape index (κ2) is 8.49. The summed E-state index contributed by atoms with van der Waals surface area (Å²) in [4.78, 5) is 12.2. The smallest absolute Gasteiger partial charge is 0.188 e. The number of methoxy groups -OCH3 is 2. The minimum atomic E-state index is -0.188. The molecular weight excluding hydrogens is 276 g/mol. The Bertz CT molecular complexity index is 469. The molecule has 1 N–H and O–H groups in total. The molecule has 0 aliphatic heterocycles. The van der Waals surface area contributed by atoms with Gasteiger partial charge in [-0.25, -0.2) is 0 Å². The second-order valence-corrected chi connectivity index (χ2v) is 4.94. The SMILES string of the molecule is COCOc1cc(O)c(C(=O)CC(C)C)c(OCOC)c1. The Hall–Kier alpha value is -1.79. The van der Waals surface area contributed by atoms with Gasteiger partial charge >= 0.3 is 0 Å². The molecule has 0 atom stereocenters. The number of Topliss-reactive ketones (excluding diaryl/α,β-unsaturated/α-hetero) is 1. The molecule has 0 aliphatic rings. The zero-order valence-corrected chi connectivity index (χ0v) is 12.8. The number of carbonyl (C=O) groups is 1. The highest BCUT2D eigenvalue weighted by atomic mass is 16.7.